The molecule has 19 heavy (non-hydrogen) atoms. The number of hydrogen-bond acceptors (Lipinski definition) is 3. The molecular formula is C15H24BrNO2. The number of halogens is 1. The Bertz CT molecular complexity index is 407. The molecule has 0 heterocycles. The van der Waals surface area contributed by atoms with Crippen molar-refractivity contribution in [2.75, 3.05) is 21.3 Å². The molecule has 0 fully saturated rings. The first kappa shape index (κ1) is 16.5. The van der Waals surface area contributed by atoms with Crippen molar-refractivity contribution in [3.63, 3.8) is 0 Å². The summed E-state index contributed by atoms with van der Waals surface area (Å²) < 4.78 is 11.7. The number of rotatable bonds is 7. The summed E-state index contributed by atoms with van der Waals surface area (Å²) in [6.07, 6.45) is 1.93. The van der Waals surface area contributed by atoms with Gasteiger partial charge in [-0.05, 0) is 67.4 Å². The van der Waals surface area contributed by atoms with E-state index in [0.29, 0.717) is 6.04 Å². The van der Waals surface area contributed by atoms with E-state index in [1.807, 2.05) is 13.1 Å². The average molecular weight is 330 g/mol. The molecule has 3 nitrogen and oxygen atoms in total. The monoisotopic (exact) mass is 329 g/mol. The second-order valence-electron chi connectivity index (χ2n) is 5.33. The molecule has 1 aromatic carbocycles. The van der Waals surface area contributed by atoms with E-state index < -0.39 is 0 Å². The molecule has 0 spiro atoms. The summed E-state index contributed by atoms with van der Waals surface area (Å²) in [5.41, 5.74) is 1.16. The second kappa shape index (κ2) is 7.27. The van der Waals surface area contributed by atoms with E-state index in [4.69, 9.17) is 9.47 Å². The first-order chi connectivity index (χ1) is 8.91. The molecule has 1 atom stereocenters. The van der Waals surface area contributed by atoms with Crippen molar-refractivity contribution in [2.24, 2.45) is 0 Å². The quantitative estimate of drug-likeness (QED) is 0.831. The molecule has 0 aliphatic carbocycles. The van der Waals surface area contributed by atoms with Gasteiger partial charge in [-0.1, -0.05) is 6.07 Å². The van der Waals surface area contributed by atoms with Crippen LogP contribution in [0.25, 0.3) is 0 Å². The fraction of sp³-hybridized carbons (Fsp3) is 0.600. The van der Waals surface area contributed by atoms with Gasteiger partial charge < -0.3 is 14.8 Å². The highest BCUT2D eigenvalue weighted by atomic mass is 79.9. The summed E-state index contributed by atoms with van der Waals surface area (Å²) in [5.74, 6) is 0.863. The highest BCUT2D eigenvalue weighted by Crippen LogP contribution is 2.27. The summed E-state index contributed by atoms with van der Waals surface area (Å²) in [6.45, 7) is 4.22. The first-order valence-corrected chi connectivity index (χ1v) is 7.26. The Hall–Kier alpha value is -0.580. The molecule has 0 amide bonds. The van der Waals surface area contributed by atoms with Crippen molar-refractivity contribution in [3.8, 4) is 5.75 Å². The minimum atomic E-state index is -0.114. The smallest absolute Gasteiger partial charge is 0.133 e. The minimum absolute atomic E-state index is 0.114. The van der Waals surface area contributed by atoms with Gasteiger partial charge in [-0.15, -0.1) is 0 Å². The molecule has 1 unspecified atom stereocenters. The number of nitrogens with one attached hydrogen (secondary N) is 1. The van der Waals surface area contributed by atoms with Crippen LogP contribution in [-0.2, 0) is 11.2 Å². The Balaban J connectivity index is 2.73. The topological polar surface area (TPSA) is 30.5 Å². The molecular weight excluding hydrogens is 306 g/mol. The maximum Gasteiger partial charge on any atom is 0.133 e. The molecule has 0 aliphatic rings. The van der Waals surface area contributed by atoms with Crippen molar-refractivity contribution in [2.45, 2.75) is 38.3 Å². The highest BCUT2D eigenvalue weighted by molar-refractivity contribution is 9.10. The van der Waals surface area contributed by atoms with Gasteiger partial charge in [0.15, 0.2) is 0 Å². The zero-order valence-electron chi connectivity index (χ0n) is 12.4. The lowest BCUT2D eigenvalue weighted by molar-refractivity contribution is 0.00772. The molecule has 1 N–H and O–H groups in total. The van der Waals surface area contributed by atoms with Crippen molar-refractivity contribution in [1.29, 1.82) is 0 Å². The number of methoxy groups -OCH3 is 2. The molecule has 4 heteroatoms. The van der Waals surface area contributed by atoms with Gasteiger partial charge >= 0.3 is 0 Å². The van der Waals surface area contributed by atoms with Gasteiger partial charge in [0.05, 0.1) is 17.2 Å². The molecule has 0 bridgehead atoms. The molecule has 0 radical (unpaired) electrons. The van der Waals surface area contributed by atoms with E-state index in [1.165, 1.54) is 5.56 Å². The third-order valence-corrected chi connectivity index (χ3v) is 4.02. The summed E-state index contributed by atoms with van der Waals surface area (Å²) >= 11 is 3.52. The third-order valence-electron chi connectivity index (χ3n) is 3.40. The van der Waals surface area contributed by atoms with Crippen LogP contribution in [-0.4, -0.2) is 32.9 Å². The molecule has 0 saturated heterocycles. The summed E-state index contributed by atoms with van der Waals surface area (Å²) in [7, 11) is 5.43. The Labute approximate surface area is 124 Å². The summed E-state index contributed by atoms with van der Waals surface area (Å²) in [6, 6.07) is 6.60. The van der Waals surface area contributed by atoms with Crippen LogP contribution < -0.4 is 10.1 Å². The SMILES string of the molecule is CNC(Cc1ccc(OC)c(Br)c1)CC(C)(C)OC. The van der Waals surface area contributed by atoms with Crippen molar-refractivity contribution in [3.05, 3.63) is 28.2 Å². The molecule has 1 aromatic rings. The fourth-order valence-corrected chi connectivity index (χ4v) is 2.66. The maximum atomic E-state index is 5.50. The maximum absolute atomic E-state index is 5.50. The van der Waals surface area contributed by atoms with Crippen LogP contribution in [0.1, 0.15) is 25.8 Å². The summed E-state index contributed by atoms with van der Waals surface area (Å²) in [4.78, 5) is 0. The minimum Gasteiger partial charge on any atom is -0.496 e. The van der Waals surface area contributed by atoms with E-state index in [-0.39, 0.29) is 5.60 Å². The van der Waals surface area contributed by atoms with Gasteiger partial charge in [-0.2, -0.15) is 0 Å². The van der Waals surface area contributed by atoms with Gasteiger partial charge in [-0.25, -0.2) is 0 Å². The summed E-state index contributed by atoms with van der Waals surface area (Å²) in [5, 5.41) is 3.36. The van der Waals surface area contributed by atoms with Crippen LogP contribution in [0.2, 0.25) is 0 Å². The van der Waals surface area contributed by atoms with E-state index in [2.05, 4.69) is 47.2 Å². The standard InChI is InChI=1S/C15H24BrNO2/c1-15(2,19-5)10-12(17-3)8-11-6-7-14(18-4)13(16)9-11/h6-7,9,12,17H,8,10H2,1-5H3. The van der Waals surface area contributed by atoms with Crippen LogP contribution in [0, 0.1) is 0 Å². The normalized spacial score (nSPS) is 13.4. The second-order valence-corrected chi connectivity index (χ2v) is 6.18. The number of hydrogen-bond donors (Lipinski definition) is 1. The molecule has 0 aromatic heterocycles. The lowest BCUT2D eigenvalue weighted by Crippen LogP contribution is -2.37. The Kier molecular flexibility index (Phi) is 6.30. The molecule has 108 valence electrons. The Morgan fingerprint density at radius 1 is 1.32 bits per heavy atom. The number of benzene rings is 1. The molecule has 1 rings (SSSR count). The Morgan fingerprint density at radius 3 is 2.47 bits per heavy atom. The predicted molar refractivity (Wildman–Crippen MR) is 83.0 cm³/mol. The first-order valence-electron chi connectivity index (χ1n) is 6.46. The zero-order valence-corrected chi connectivity index (χ0v) is 14.0. The zero-order chi connectivity index (χ0) is 14.5. The van der Waals surface area contributed by atoms with Gasteiger partial charge in [0, 0.05) is 13.2 Å². The number of ether oxygens (including phenoxy) is 2. The van der Waals surface area contributed by atoms with Gasteiger partial charge in [0.1, 0.15) is 5.75 Å². The van der Waals surface area contributed by atoms with Crippen LogP contribution in [0.4, 0.5) is 0 Å². The van der Waals surface area contributed by atoms with Crippen molar-refractivity contribution in [1.82, 2.24) is 5.32 Å². The van der Waals surface area contributed by atoms with E-state index in [0.717, 1.165) is 23.1 Å². The highest BCUT2D eigenvalue weighted by Gasteiger charge is 2.22. The van der Waals surface area contributed by atoms with E-state index in [1.54, 1.807) is 14.2 Å². The average Bonchev–Trinajstić information content (AvgIpc) is 2.38. The molecule has 0 saturated carbocycles. The molecule has 0 aliphatic heterocycles. The van der Waals surface area contributed by atoms with Gasteiger partial charge in [0.2, 0.25) is 0 Å². The lowest BCUT2D eigenvalue weighted by Gasteiger charge is -2.28. The van der Waals surface area contributed by atoms with Gasteiger partial charge in [-0.3, -0.25) is 0 Å². The fourth-order valence-electron chi connectivity index (χ4n) is 2.07. The number of likely N-dealkylation sites (N-methyl/N-ethyl adjacent to an activating group) is 1. The van der Waals surface area contributed by atoms with Gasteiger partial charge in [0.25, 0.3) is 0 Å². The van der Waals surface area contributed by atoms with Crippen molar-refractivity contribution < 1.29 is 9.47 Å². The lowest BCUT2D eigenvalue weighted by atomic mass is 9.94. The Morgan fingerprint density at radius 2 is 2.00 bits per heavy atom. The van der Waals surface area contributed by atoms with Crippen LogP contribution in [0.5, 0.6) is 5.75 Å². The van der Waals surface area contributed by atoms with Crippen molar-refractivity contribution >= 4 is 15.9 Å². The van der Waals surface area contributed by atoms with Crippen LogP contribution >= 0.6 is 15.9 Å². The van der Waals surface area contributed by atoms with Crippen LogP contribution in [0.3, 0.4) is 0 Å². The third kappa shape index (κ3) is 5.13. The van der Waals surface area contributed by atoms with E-state index >= 15 is 0 Å². The predicted octanol–water partition coefficient (Wildman–Crippen LogP) is 3.40. The van der Waals surface area contributed by atoms with Crippen LogP contribution in [0.15, 0.2) is 22.7 Å². The largest absolute Gasteiger partial charge is 0.496 e. The van der Waals surface area contributed by atoms with E-state index in [9.17, 15) is 0 Å².